The van der Waals surface area contributed by atoms with Crippen molar-refractivity contribution in [3.8, 4) is 0 Å². The van der Waals surface area contributed by atoms with Gasteiger partial charge in [0, 0.05) is 53.9 Å². The Hall–Kier alpha value is -4.49. The van der Waals surface area contributed by atoms with Crippen LogP contribution in [0.4, 0.5) is 10.5 Å². The first kappa shape index (κ1) is 26.1. The zero-order valence-corrected chi connectivity index (χ0v) is 22.1. The third kappa shape index (κ3) is 5.40. The van der Waals surface area contributed by atoms with Gasteiger partial charge in [-0.3, -0.25) is 9.20 Å². The lowest BCUT2D eigenvalue weighted by Gasteiger charge is -2.18. The molecule has 9 nitrogen and oxygen atoms in total. The number of rotatable bonds is 12. The number of anilines is 1. The highest BCUT2D eigenvalue weighted by Crippen LogP contribution is 2.33. The average molecular weight is 525 g/mol. The Bertz CT molecular complexity index is 1720. The number of para-hydroxylation sites is 2. The third-order valence-electron chi connectivity index (χ3n) is 7.15. The minimum Gasteiger partial charge on any atom is -0.384 e. The van der Waals surface area contributed by atoms with Crippen molar-refractivity contribution in [1.82, 2.24) is 19.6 Å². The quantitative estimate of drug-likeness (QED) is 0.137. The largest absolute Gasteiger partial charge is 0.384 e. The van der Waals surface area contributed by atoms with Gasteiger partial charge in [0.15, 0.2) is 0 Å². The summed E-state index contributed by atoms with van der Waals surface area (Å²) in [6.07, 6.45) is 6.06. The number of benzene rings is 3. The Morgan fingerprint density at radius 2 is 1.77 bits per heavy atom. The summed E-state index contributed by atoms with van der Waals surface area (Å²) in [4.78, 5) is 45.9. The van der Waals surface area contributed by atoms with Gasteiger partial charge in [-0.1, -0.05) is 43.2 Å². The zero-order chi connectivity index (χ0) is 27.2. The Morgan fingerprint density at radius 3 is 2.64 bits per heavy atom. The van der Waals surface area contributed by atoms with Gasteiger partial charge in [-0.25, -0.2) is 19.6 Å². The van der Waals surface area contributed by atoms with Crippen molar-refractivity contribution in [3.05, 3.63) is 65.0 Å². The summed E-state index contributed by atoms with van der Waals surface area (Å²) in [7, 11) is 1.80. The van der Waals surface area contributed by atoms with Crippen LogP contribution in [-0.4, -0.2) is 59.6 Å². The molecule has 0 aliphatic rings. The number of nitrogens with one attached hydrogen (secondary N) is 2. The second-order valence-corrected chi connectivity index (χ2v) is 9.77. The predicted octanol–water partition coefficient (Wildman–Crippen LogP) is 4.93. The molecule has 0 aliphatic carbocycles. The molecule has 0 spiro atoms. The molecule has 0 fully saturated rings. The second-order valence-electron chi connectivity index (χ2n) is 9.77. The van der Waals surface area contributed by atoms with Crippen molar-refractivity contribution in [2.45, 2.75) is 32.1 Å². The lowest BCUT2D eigenvalue weighted by Crippen LogP contribution is -2.38. The van der Waals surface area contributed by atoms with Crippen LogP contribution in [-0.2, 0) is 4.79 Å². The number of fused-ring (bicyclic) bond motifs is 4. The van der Waals surface area contributed by atoms with Crippen LogP contribution >= 0.6 is 0 Å². The summed E-state index contributed by atoms with van der Waals surface area (Å²) in [5, 5.41) is 9.99. The fourth-order valence-corrected chi connectivity index (χ4v) is 5.14. The van der Waals surface area contributed by atoms with E-state index in [2.05, 4.69) is 15.6 Å². The standard InChI is InChI=1S/C30H32N6O3/c1-35(30(39)33-17-7-3-2-6-16-31-20-37)19-9-18-32-24-15-14-23-27-21(24)10-8-11-22(27)28-34-25-12-4-5-13-26(25)36(28)29(23)38/h4-5,8,10-15,32H,2-3,6-7,9,16-19H2,1H3,(H,33,39). The number of hydrogen-bond acceptors (Lipinski definition) is 6. The number of isocyanates is 1. The number of amides is 2. The van der Waals surface area contributed by atoms with Gasteiger partial charge in [0.2, 0.25) is 6.08 Å². The molecule has 0 saturated heterocycles. The molecule has 0 saturated carbocycles. The number of aromatic nitrogens is 2. The van der Waals surface area contributed by atoms with Crippen molar-refractivity contribution in [1.29, 1.82) is 0 Å². The van der Waals surface area contributed by atoms with Crippen molar-refractivity contribution in [2.24, 2.45) is 4.99 Å². The SMILES string of the molecule is CN(CCCNc1ccc2c(=O)n3c4ccccc4nc3c3cccc1c23)C(=O)NCCCCCCN=C=O. The minimum absolute atomic E-state index is 0.0614. The van der Waals surface area contributed by atoms with E-state index in [0.717, 1.165) is 65.0 Å². The number of nitrogens with zero attached hydrogens (tertiary/aromatic N) is 4. The molecule has 0 radical (unpaired) electrons. The van der Waals surface area contributed by atoms with E-state index in [-0.39, 0.29) is 11.6 Å². The van der Waals surface area contributed by atoms with E-state index in [1.807, 2.05) is 54.6 Å². The molecule has 200 valence electrons. The van der Waals surface area contributed by atoms with Gasteiger partial charge in [0.05, 0.1) is 17.6 Å². The summed E-state index contributed by atoms with van der Waals surface area (Å²) < 4.78 is 1.71. The molecule has 39 heavy (non-hydrogen) atoms. The number of carbonyl (C=O) groups is 1. The van der Waals surface area contributed by atoms with Crippen LogP contribution in [0.5, 0.6) is 0 Å². The first-order valence-electron chi connectivity index (χ1n) is 13.4. The molecule has 0 aliphatic heterocycles. The first-order valence-corrected chi connectivity index (χ1v) is 13.4. The van der Waals surface area contributed by atoms with Crippen LogP contribution in [0.15, 0.2) is 64.4 Å². The lowest BCUT2D eigenvalue weighted by molar-refractivity contribution is 0.208. The van der Waals surface area contributed by atoms with E-state index in [9.17, 15) is 14.4 Å². The molecule has 9 heteroatoms. The van der Waals surface area contributed by atoms with E-state index in [4.69, 9.17) is 4.98 Å². The minimum atomic E-state index is -0.0801. The van der Waals surface area contributed by atoms with Crippen LogP contribution in [0, 0.1) is 0 Å². The van der Waals surface area contributed by atoms with Gasteiger partial charge < -0.3 is 15.5 Å². The fraction of sp³-hybridized carbons (Fsp3) is 0.333. The summed E-state index contributed by atoms with van der Waals surface area (Å²) in [6, 6.07) is 17.5. The molecule has 3 aromatic carbocycles. The number of urea groups is 1. The highest BCUT2D eigenvalue weighted by atomic mass is 16.2. The van der Waals surface area contributed by atoms with E-state index < -0.39 is 0 Å². The van der Waals surface area contributed by atoms with Gasteiger partial charge in [0.1, 0.15) is 5.65 Å². The van der Waals surface area contributed by atoms with Crippen LogP contribution < -0.4 is 16.2 Å². The maximum absolute atomic E-state index is 13.5. The molecule has 2 N–H and O–H groups in total. The molecule has 5 aromatic rings. The molecular formula is C30H32N6O3. The predicted molar refractivity (Wildman–Crippen MR) is 156 cm³/mol. The molecular weight excluding hydrogens is 492 g/mol. The van der Waals surface area contributed by atoms with Crippen molar-refractivity contribution in [2.75, 3.05) is 38.5 Å². The van der Waals surface area contributed by atoms with E-state index in [1.54, 1.807) is 22.4 Å². The number of carbonyl (C=O) groups excluding carboxylic acids is 2. The molecule has 2 heterocycles. The first-order chi connectivity index (χ1) is 19.1. The van der Waals surface area contributed by atoms with Crippen LogP contribution in [0.2, 0.25) is 0 Å². The molecule has 5 rings (SSSR count). The Kier molecular flexibility index (Phi) is 7.99. The average Bonchev–Trinajstić information content (AvgIpc) is 3.35. The Balaban J connectivity index is 1.20. The lowest BCUT2D eigenvalue weighted by atomic mass is 10.0. The zero-order valence-electron chi connectivity index (χ0n) is 22.1. The number of aliphatic imine (C=N–C) groups is 1. The highest BCUT2D eigenvalue weighted by molar-refractivity contribution is 6.18. The van der Waals surface area contributed by atoms with Gasteiger partial charge in [0.25, 0.3) is 5.56 Å². The van der Waals surface area contributed by atoms with Crippen LogP contribution in [0.3, 0.4) is 0 Å². The molecule has 0 atom stereocenters. The van der Waals surface area contributed by atoms with E-state index in [1.165, 1.54) is 0 Å². The maximum atomic E-state index is 13.5. The third-order valence-corrected chi connectivity index (χ3v) is 7.15. The van der Waals surface area contributed by atoms with Crippen LogP contribution in [0.1, 0.15) is 32.1 Å². The summed E-state index contributed by atoms with van der Waals surface area (Å²) in [5.74, 6) is 0. The molecule has 0 bridgehead atoms. The van der Waals surface area contributed by atoms with Crippen molar-refractivity contribution in [3.63, 3.8) is 0 Å². The molecule has 2 aromatic heterocycles. The highest BCUT2D eigenvalue weighted by Gasteiger charge is 2.17. The maximum Gasteiger partial charge on any atom is 0.317 e. The summed E-state index contributed by atoms with van der Waals surface area (Å²) in [5.41, 5.74) is 3.19. The Morgan fingerprint density at radius 1 is 0.949 bits per heavy atom. The number of imidazole rings is 1. The van der Waals surface area contributed by atoms with Crippen LogP contribution in [0.25, 0.3) is 38.2 Å². The van der Waals surface area contributed by atoms with E-state index >= 15 is 0 Å². The number of pyridine rings is 1. The van der Waals surface area contributed by atoms with Gasteiger partial charge in [-0.05, 0) is 43.5 Å². The Labute approximate surface area is 225 Å². The van der Waals surface area contributed by atoms with Gasteiger partial charge in [-0.2, -0.15) is 0 Å². The topological polar surface area (TPSA) is 108 Å². The second kappa shape index (κ2) is 11.9. The number of hydrogen-bond donors (Lipinski definition) is 2. The monoisotopic (exact) mass is 524 g/mol. The molecule has 2 amide bonds. The van der Waals surface area contributed by atoms with Gasteiger partial charge >= 0.3 is 6.03 Å². The normalized spacial score (nSPS) is 11.3. The van der Waals surface area contributed by atoms with E-state index in [0.29, 0.717) is 37.2 Å². The van der Waals surface area contributed by atoms with Crippen molar-refractivity contribution >= 4 is 56.0 Å². The van der Waals surface area contributed by atoms with Crippen molar-refractivity contribution < 1.29 is 9.59 Å². The fourth-order valence-electron chi connectivity index (χ4n) is 5.14. The summed E-state index contributed by atoms with van der Waals surface area (Å²) >= 11 is 0. The number of unbranched alkanes of at least 4 members (excludes halogenated alkanes) is 3. The molecule has 0 unspecified atom stereocenters. The summed E-state index contributed by atoms with van der Waals surface area (Å²) in [6.45, 7) is 2.46. The smallest absolute Gasteiger partial charge is 0.317 e. The van der Waals surface area contributed by atoms with Gasteiger partial charge in [-0.15, -0.1) is 0 Å².